The summed E-state index contributed by atoms with van der Waals surface area (Å²) in [7, 11) is -4.01. The lowest BCUT2D eigenvalue weighted by atomic mass is 10.1. The van der Waals surface area contributed by atoms with Crippen LogP contribution in [0.15, 0.2) is 41.8 Å². The Labute approximate surface area is 140 Å². The predicted molar refractivity (Wildman–Crippen MR) is 94.3 cm³/mol. The molecule has 1 aromatic heterocycles. The van der Waals surface area contributed by atoms with E-state index in [-0.39, 0.29) is 6.16 Å². The Morgan fingerprint density at radius 2 is 1.78 bits per heavy atom. The smallest absolute Gasteiger partial charge is 0.329 e. The van der Waals surface area contributed by atoms with Crippen LogP contribution in [0.2, 0.25) is 0 Å². The molecular weight excluding hydrogens is 331 g/mol. The molecule has 0 amide bonds. The van der Waals surface area contributed by atoms with E-state index in [2.05, 4.69) is 22.4 Å². The third-order valence-electron chi connectivity index (χ3n) is 3.46. The van der Waals surface area contributed by atoms with Crippen molar-refractivity contribution in [2.45, 2.75) is 25.7 Å². The first-order valence-corrected chi connectivity index (χ1v) is 10.2. The molecule has 2 rings (SSSR count). The SMILES string of the molecule is NCCCN(Cc1ccc(CP(=O)(O)O)cc1)Cc1cccs1. The summed E-state index contributed by atoms with van der Waals surface area (Å²) in [6.45, 7) is 3.29. The maximum Gasteiger partial charge on any atom is 0.329 e. The van der Waals surface area contributed by atoms with Crippen molar-refractivity contribution < 1.29 is 14.4 Å². The number of thiophene rings is 1. The highest BCUT2D eigenvalue weighted by Crippen LogP contribution is 2.38. The Balaban J connectivity index is 1.99. The quantitative estimate of drug-likeness (QED) is 0.603. The molecule has 23 heavy (non-hydrogen) atoms. The summed E-state index contributed by atoms with van der Waals surface area (Å²) in [6, 6.07) is 11.6. The predicted octanol–water partition coefficient (Wildman–Crippen LogP) is 2.78. The molecule has 1 heterocycles. The van der Waals surface area contributed by atoms with Crippen molar-refractivity contribution in [1.82, 2.24) is 4.90 Å². The van der Waals surface area contributed by atoms with Crippen LogP contribution in [0.1, 0.15) is 22.4 Å². The van der Waals surface area contributed by atoms with Gasteiger partial charge in [0.25, 0.3) is 0 Å². The molecule has 0 aliphatic rings. The molecule has 0 saturated carbocycles. The summed E-state index contributed by atoms with van der Waals surface area (Å²) < 4.78 is 11.0. The molecule has 0 spiro atoms. The van der Waals surface area contributed by atoms with E-state index in [1.54, 1.807) is 23.5 Å². The second-order valence-electron chi connectivity index (χ2n) is 5.57. The zero-order valence-electron chi connectivity index (χ0n) is 13.0. The first kappa shape index (κ1) is 18.3. The fourth-order valence-electron chi connectivity index (χ4n) is 2.40. The average molecular weight is 354 g/mol. The van der Waals surface area contributed by atoms with E-state index in [0.717, 1.165) is 31.6 Å². The van der Waals surface area contributed by atoms with Crippen LogP contribution in [0, 0.1) is 0 Å². The minimum atomic E-state index is -4.01. The Morgan fingerprint density at radius 1 is 1.09 bits per heavy atom. The topological polar surface area (TPSA) is 86.8 Å². The molecule has 0 radical (unpaired) electrons. The molecule has 4 N–H and O–H groups in total. The van der Waals surface area contributed by atoms with E-state index in [1.807, 2.05) is 12.1 Å². The highest BCUT2D eigenvalue weighted by Gasteiger charge is 2.14. The van der Waals surface area contributed by atoms with Crippen molar-refractivity contribution in [3.05, 3.63) is 57.8 Å². The van der Waals surface area contributed by atoms with Crippen molar-refractivity contribution in [2.75, 3.05) is 13.1 Å². The molecule has 0 atom stereocenters. The van der Waals surface area contributed by atoms with Gasteiger partial charge < -0.3 is 15.5 Å². The zero-order chi connectivity index (χ0) is 16.7. The monoisotopic (exact) mass is 354 g/mol. The second-order valence-corrected chi connectivity index (χ2v) is 8.25. The third-order valence-corrected chi connectivity index (χ3v) is 5.09. The fraction of sp³-hybridized carbons (Fsp3) is 0.375. The van der Waals surface area contributed by atoms with Crippen LogP contribution >= 0.6 is 18.9 Å². The van der Waals surface area contributed by atoms with E-state index in [9.17, 15) is 4.57 Å². The molecule has 0 unspecified atom stereocenters. The lowest BCUT2D eigenvalue weighted by Gasteiger charge is -2.21. The Hall–Kier alpha value is -1.01. The summed E-state index contributed by atoms with van der Waals surface area (Å²) in [6.07, 6.45) is 0.737. The van der Waals surface area contributed by atoms with Gasteiger partial charge in [-0.1, -0.05) is 30.3 Å². The lowest BCUT2D eigenvalue weighted by Crippen LogP contribution is -2.25. The number of hydrogen-bond donors (Lipinski definition) is 3. The summed E-state index contributed by atoms with van der Waals surface area (Å²) in [5.41, 5.74) is 7.42. The summed E-state index contributed by atoms with van der Waals surface area (Å²) in [5.74, 6) is 0. The largest absolute Gasteiger partial charge is 0.330 e. The summed E-state index contributed by atoms with van der Waals surface area (Å²) >= 11 is 1.74. The molecule has 1 aromatic carbocycles. The van der Waals surface area contributed by atoms with Gasteiger partial charge in [-0.05, 0) is 35.5 Å². The minimum absolute atomic E-state index is 0.209. The van der Waals surface area contributed by atoms with Crippen molar-refractivity contribution in [3.8, 4) is 0 Å². The fourth-order valence-corrected chi connectivity index (χ4v) is 3.83. The van der Waals surface area contributed by atoms with Gasteiger partial charge in [0.15, 0.2) is 0 Å². The number of rotatable bonds is 9. The molecule has 5 nitrogen and oxygen atoms in total. The highest BCUT2D eigenvalue weighted by molar-refractivity contribution is 7.50. The van der Waals surface area contributed by atoms with Gasteiger partial charge in [-0.15, -0.1) is 11.3 Å². The van der Waals surface area contributed by atoms with E-state index in [1.165, 1.54) is 4.88 Å². The number of nitrogens with zero attached hydrogens (tertiary/aromatic N) is 1. The van der Waals surface area contributed by atoms with Crippen LogP contribution in [0.3, 0.4) is 0 Å². The van der Waals surface area contributed by atoms with E-state index in [0.29, 0.717) is 12.1 Å². The van der Waals surface area contributed by atoms with Gasteiger partial charge in [0.2, 0.25) is 0 Å². The maximum atomic E-state index is 11.0. The zero-order valence-corrected chi connectivity index (χ0v) is 14.7. The van der Waals surface area contributed by atoms with E-state index in [4.69, 9.17) is 15.5 Å². The molecule has 0 aliphatic carbocycles. The molecule has 7 heteroatoms. The van der Waals surface area contributed by atoms with Gasteiger partial charge in [-0.25, -0.2) is 0 Å². The van der Waals surface area contributed by atoms with Gasteiger partial charge >= 0.3 is 7.60 Å². The van der Waals surface area contributed by atoms with Crippen LogP contribution < -0.4 is 5.73 Å². The highest BCUT2D eigenvalue weighted by atomic mass is 32.1. The molecule has 0 saturated heterocycles. The Kier molecular flexibility index (Phi) is 6.96. The number of benzene rings is 1. The molecular formula is C16H23N2O3PS. The molecule has 126 valence electrons. The normalized spacial score (nSPS) is 12.0. The first-order chi connectivity index (χ1) is 11.0. The third kappa shape index (κ3) is 6.96. The molecule has 0 aliphatic heterocycles. The summed E-state index contributed by atoms with van der Waals surface area (Å²) in [5, 5.41) is 2.08. The van der Waals surface area contributed by atoms with Gasteiger partial charge in [0.1, 0.15) is 0 Å². The van der Waals surface area contributed by atoms with Crippen LogP contribution in [0.4, 0.5) is 0 Å². The van der Waals surface area contributed by atoms with Gasteiger partial charge in [-0.2, -0.15) is 0 Å². The van der Waals surface area contributed by atoms with Gasteiger partial charge in [0, 0.05) is 24.5 Å². The van der Waals surface area contributed by atoms with Crippen LogP contribution in [-0.4, -0.2) is 27.8 Å². The van der Waals surface area contributed by atoms with Gasteiger partial charge in [-0.3, -0.25) is 9.46 Å². The second kappa shape index (κ2) is 8.73. The summed E-state index contributed by atoms with van der Waals surface area (Å²) in [4.78, 5) is 21.7. The number of hydrogen-bond acceptors (Lipinski definition) is 4. The molecule has 2 aromatic rings. The van der Waals surface area contributed by atoms with Crippen molar-refractivity contribution >= 4 is 18.9 Å². The average Bonchev–Trinajstić information content (AvgIpc) is 2.98. The van der Waals surface area contributed by atoms with E-state index >= 15 is 0 Å². The minimum Gasteiger partial charge on any atom is -0.330 e. The van der Waals surface area contributed by atoms with Crippen molar-refractivity contribution in [1.29, 1.82) is 0 Å². The number of nitrogens with two attached hydrogens (primary N) is 1. The molecule has 0 bridgehead atoms. The lowest BCUT2D eigenvalue weighted by molar-refractivity contribution is 0.257. The van der Waals surface area contributed by atoms with Crippen LogP contribution in [-0.2, 0) is 23.8 Å². The van der Waals surface area contributed by atoms with Crippen LogP contribution in [0.25, 0.3) is 0 Å². The maximum absolute atomic E-state index is 11.0. The molecule has 0 fully saturated rings. The van der Waals surface area contributed by atoms with Crippen molar-refractivity contribution in [3.63, 3.8) is 0 Å². The Morgan fingerprint density at radius 3 is 2.35 bits per heavy atom. The standard InChI is InChI=1S/C16H23N2O3PS/c17-8-2-9-18(12-16-3-1-10-23-16)11-14-4-6-15(7-5-14)13-22(19,20)21/h1,3-7,10H,2,8-9,11-13,17H2,(H2,19,20,21). The Bertz CT molecular complexity index is 625. The van der Waals surface area contributed by atoms with E-state index < -0.39 is 7.60 Å². The van der Waals surface area contributed by atoms with Crippen molar-refractivity contribution in [2.24, 2.45) is 5.73 Å². The first-order valence-electron chi connectivity index (χ1n) is 7.53. The van der Waals surface area contributed by atoms with Gasteiger partial charge in [0.05, 0.1) is 6.16 Å². The van der Waals surface area contributed by atoms with Crippen LogP contribution in [0.5, 0.6) is 0 Å².